The molecule has 0 atom stereocenters. The summed E-state index contributed by atoms with van der Waals surface area (Å²) in [5.74, 6) is 2.93. The van der Waals surface area contributed by atoms with E-state index in [9.17, 15) is 0 Å². The molecule has 146 valence electrons. The first-order chi connectivity index (χ1) is 13.7. The minimum atomic E-state index is 0.209. The van der Waals surface area contributed by atoms with Crippen LogP contribution in [0.25, 0.3) is 5.69 Å². The third kappa shape index (κ3) is 4.07. The van der Waals surface area contributed by atoms with Gasteiger partial charge in [-0.05, 0) is 50.8 Å². The standard InChI is InChI=1S/C22H26N4O2/c1-16-6-10-18(11-7-16)26-20(15-27-2)24-25-22(26)17-8-12-19(13-9-17)28-21-5-3-4-14-23-21/h3-7,10-11,14,17,19H,8-9,12-13,15H2,1-2H3. The Bertz CT molecular complexity index is 885. The molecule has 0 unspecified atom stereocenters. The molecule has 0 radical (unpaired) electrons. The molecule has 0 amide bonds. The molecule has 4 rings (SSSR count). The van der Waals surface area contributed by atoms with Crippen molar-refractivity contribution in [2.75, 3.05) is 7.11 Å². The number of benzene rings is 1. The van der Waals surface area contributed by atoms with Gasteiger partial charge in [-0.1, -0.05) is 23.8 Å². The summed E-state index contributed by atoms with van der Waals surface area (Å²) in [4.78, 5) is 4.27. The van der Waals surface area contributed by atoms with E-state index in [0.29, 0.717) is 18.4 Å². The van der Waals surface area contributed by atoms with Gasteiger partial charge in [0.1, 0.15) is 18.5 Å². The van der Waals surface area contributed by atoms with Gasteiger partial charge in [0, 0.05) is 31.0 Å². The van der Waals surface area contributed by atoms with E-state index in [0.717, 1.165) is 43.0 Å². The molecular formula is C22H26N4O2. The molecule has 1 fully saturated rings. The van der Waals surface area contributed by atoms with Crippen LogP contribution in [0.2, 0.25) is 0 Å². The predicted molar refractivity (Wildman–Crippen MR) is 107 cm³/mol. The summed E-state index contributed by atoms with van der Waals surface area (Å²) in [7, 11) is 1.69. The molecule has 28 heavy (non-hydrogen) atoms. The lowest BCUT2D eigenvalue weighted by molar-refractivity contribution is 0.138. The van der Waals surface area contributed by atoms with Crippen molar-refractivity contribution in [1.29, 1.82) is 0 Å². The lowest BCUT2D eigenvalue weighted by Gasteiger charge is -2.28. The van der Waals surface area contributed by atoms with Crippen LogP contribution >= 0.6 is 0 Å². The maximum atomic E-state index is 6.04. The van der Waals surface area contributed by atoms with Gasteiger partial charge in [0.05, 0.1) is 0 Å². The highest BCUT2D eigenvalue weighted by atomic mass is 16.5. The second-order valence-corrected chi connectivity index (χ2v) is 7.34. The van der Waals surface area contributed by atoms with E-state index in [4.69, 9.17) is 9.47 Å². The zero-order chi connectivity index (χ0) is 19.3. The molecule has 0 N–H and O–H groups in total. The number of nitrogens with zero attached hydrogens (tertiary/aromatic N) is 4. The highest BCUT2D eigenvalue weighted by molar-refractivity contribution is 5.37. The van der Waals surface area contributed by atoms with Gasteiger partial charge in [-0.25, -0.2) is 4.98 Å². The fourth-order valence-corrected chi connectivity index (χ4v) is 3.82. The first kappa shape index (κ1) is 18.6. The van der Waals surface area contributed by atoms with E-state index in [1.807, 2.05) is 18.2 Å². The van der Waals surface area contributed by atoms with Gasteiger partial charge in [-0.15, -0.1) is 10.2 Å². The molecule has 6 heteroatoms. The minimum Gasteiger partial charge on any atom is -0.474 e. The van der Waals surface area contributed by atoms with Gasteiger partial charge in [0.2, 0.25) is 5.88 Å². The maximum Gasteiger partial charge on any atom is 0.213 e. The average molecular weight is 378 g/mol. The highest BCUT2D eigenvalue weighted by Gasteiger charge is 2.28. The third-order valence-corrected chi connectivity index (χ3v) is 5.29. The van der Waals surface area contributed by atoms with Crippen LogP contribution in [0.5, 0.6) is 5.88 Å². The van der Waals surface area contributed by atoms with Crippen molar-refractivity contribution in [3.8, 4) is 11.6 Å². The zero-order valence-electron chi connectivity index (χ0n) is 16.4. The fraction of sp³-hybridized carbons (Fsp3) is 0.409. The number of hydrogen-bond donors (Lipinski definition) is 0. The summed E-state index contributed by atoms with van der Waals surface area (Å²) in [5.41, 5.74) is 2.32. The van der Waals surface area contributed by atoms with Gasteiger partial charge in [-0.3, -0.25) is 4.57 Å². The lowest BCUT2D eigenvalue weighted by Crippen LogP contribution is -2.25. The molecule has 1 saturated carbocycles. The summed E-state index contributed by atoms with van der Waals surface area (Å²) < 4.78 is 13.5. The summed E-state index contributed by atoms with van der Waals surface area (Å²) in [5, 5.41) is 8.96. The number of hydrogen-bond acceptors (Lipinski definition) is 5. The van der Waals surface area contributed by atoms with E-state index in [1.165, 1.54) is 5.56 Å². The molecule has 1 aliphatic carbocycles. The Labute approximate surface area is 165 Å². The summed E-state index contributed by atoms with van der Waals surface area (Å²) in [6.45, 7) is 2.54. The van der Waals surface area contributed by atoms with Gasteiger partial charge >= 0.3 is 0 Å². The zero-order valence-corrected chi connectivity index (χ0v) is 16.4. The van der Waals surface area contributed by atoms with Crippen molar-refractivity contribution in [2.24, 2.45) is 0 Å². The van der Waals surface area contributed by atoms with Crippen LogP contribution < -0.4 is 4.74 Å². The Morgan fingerprint density at radius 1 is 1.00 bits per heavy atom. The van der Waals surface area contributed by atoms with E-state index in [2.05, 4.69) is 50.9 Å². The summed E-state index contributed by atoms with van der Waals surface area (Å²) in [6.07, 6.45) is 5.99. The van der Waals surface area contributed by atoms with Crippen LogP contribution in [0.3, 0.4) is 0 Å². The molecule has 3 aromatic rings. The molecule has 2 aromatic heterocycles. The van der Waals surface area contributed by atoms with Crippen LogP contribution in [-0.4, -0.2) is 33.0 Å². The van der Waals surface area contributed by atoms with Gasteiger partial charge in [-0.2, -0.15) is 0 Å². The van der Waals surface area contributed by atoms with Crippen molar-refractivity contribution in [3.63, 3.8) is 0 Å². The molecular weight excluding hydrogens is 352 g/mol. The van der Waals surface area contributed by atoms with Crippen molar-refractivity contribution in [3.05, 3.63) is 65.9 Å². The lowest BCUT2D eigenvalue weighted by atomic mass is 9.86. The average Bonchev–Trinajstić information content (AvgIpc) is 3.14. The molecule has 0 saturated heterocycles. The van der Waals surface area contributed by atoms with Gasteiger partial charge < -0.3 is 9.47 Å². The molecule has 2 heterocycles. The first-order valence-electron chi connectivity index (χ1n) is 9.82. The number of aryl methyl sites for hydroxylation is 1. The Morgan fingerprint density at radius 3 is 2.46 bits per heavy atom. The largest absolute Gasteiger partial charge is 0.474 e. The monoisotopic (exact) mass is 378 g/mol. The summed E-state index contributed by atoms with van der Waals surface area (Å²) >= 11 is 0. The van der Waals surface area contributed by atoms with Crippen LogP contribution in [0, 0.1) is 6.92 Å². The number of pyridine rings is 1. The quantitative estimate of drug-likeness (QED) is 0.643. The summed E-state index contributed by atoms with van der Waals surface area (Å²) in [6, 6.07) is 14.3. The van der Waals surface area contributed by atoms with Gasteiger partial charge in [0.25, 0.3) is 0 Å². The van der Waals surface area contributed by atoms with Crippen LogP contribution in [0.15, 0.2) is 48.7 Å². The van der Waals surface area contributed by atoms with Crippen molar-refractivity contribution in [1.82, 2.24) is 19.7 Å². The molecule has 1 aliphatic rings. The third-order valence-electron chi connectivity index (χ3n) is 5.29. The molecule has 6 nitrogen and oxygen atoms in total. The van der Waals surface area contributed by atoms with Crippen LogP contribution in [0.1, 0.15) is 48.8 Å². The van der Waals surface area contributed by atoms with Crippen molar-refractivity contribution in [2.45, 2.75) is 51.2 Å². The number of rotatable bonds is 6. The van der Waals surface area contributed by atoms with Crippen LogP contribution in [0.4, 0.5) is 0 Å². The smallest absolute Gasteiger partial charge is 0.213 e. The Morgan fingerprint density at radius 2 is 1.79 bits per heavy atom. The normalized spacial score (nSPS) is 19.5. The molecule has 1 aromatic carbocycles. The fourth-order valence-electron chi connectivity index (χ4n) is 3.82. The Kier molecular flexibility index (Phi) is 5.67. The van der Waals surface area contributed by atoms with Crippen molar-refractivity contribution >= 4 is 0 Å². The molecule has 0 bridgehead atoms. The predicted octanol–water partition coefficient (Wildman–Crippen LogP) is 4.22. The number of ether oxygens (including phenoxy) is 2. The van der Waals surface area contributed by atoms with Crippen molar-refractivity contribution < 1.29 is 9.47 Å². The maximum absolute atomic E-state index is 6.04. The minimum absolute atomic E-state index is 0.209. The highest BCUT2D eigenvalue weighted by Crippen LogP contribution is 2.35. The second kappa shape index (κ2) is 8.52. The van der Waals surface area contributed by atoms with E-state index >= 15 is 0 Å². The first-order valence-corrected chi connectivity index (χ1v) is 9.82. The van der Waals surface area contributed by atoms with Gasteiger partial charge in [0.15, 0.2) is 5.82 Å². The van der Waals surface area contributed by atoms with E-state index in [1.54, 1.807) is 13.3 Å². The Balaban J connectivity index is 1.51. The SMILES string of the molecule is COCc1nnc(C2CCC(Oc3ccccn3)CC2)n1-c1ccc(C)cc1. The van der Waals surface area contributed by atoms with E-state index < -0.39 is 0 Å². The topological polar surface area (TPSA) is 62.1 Å². The molecule has 0 aliphatic heterocycles. The van der Waals surface area contributed by atoms with E-state index in [-0.39, 0.29) is 6.10 Å². The molecule has 0 spiro atoms. The second-order valence-electron chi connectivity index (χ2n) is 7.34. The number of methoxy groups -OCH3 is 1. The Hall–Kier alpha value is -2.73. The van der Waals surface area contributed by atoms with Crippen LogP contribution in [-0.2, 0) is 11.3 Å². The number of aromatic nitrogens is 4.